The molecule has 194 valence electrons. The van der Waals surface area contributed by atoms with Crippen molar-refractivity contribution in [3.63, 3.8) is 0 Å². The zero-order chi connectivity index (χ0) is 27.6. The molecule has 0 fully saturated rings. The molecule has 0 radical (unpaired) electrons. The van der Waals surface area contributed by atoms with Gasteiger partial charge in [-0.05, 0) is 41.5 Å². The summed E-state index contributed by atoms with van der Waals surface area (Å²) in [5, 5.41) is 9.35. The molecule has 4 rings (SSSR count). The molecule has 2 heterocycles. The number of hydrogen-bond acceptors (Lipinski definition) is 5. The zero-order valence-electron chi connectivity index (χ0n) is 19.6. The Labute approximate surface area is 217 Å². The fraction of sp³-hybridized carbons (Fsp3) is 0.148. The van der Waals surface area contributed by atoms with Gasteiger partial charge in [0.2, 0.25) is 0 Å². The van der Waals surface area contributed by atoms with Crippen LogP contribution in [0.25, 0.3) is 21.0 Å². The molecule has 0 bridgehead atoms. The highest BCUT2D eigenvalue weighted by molar-refractivity contribution is 7.18. The number of rotatable bonds is 6. The number of hydrogen-bond donors (Lipinski definition) is 0. The molecule has 0 saturated heterocycles. The predicted molar refractivity (Wildman–Crippen MR) is 130 cm³/mol. The Morgan fingerprint density at radius 2 is 1.79 bits per heavy atom. The third kappa shape index (κ3) is 5.50. The molecule has 0 spiro atoms. The maximum absolute atomic E-state index is 14.4. The van der Waals surface area contributed by atoms with Gasteiger partial charge in [0.05, 0.1) is 36.2 Å². The molecule has 0 N–H and O–H groups in total. The van der Waals surface area contributed by atoms with Crippen molar-refractivity contribution in [3.8, 4) is 27.1 Å². The molecule has 0 atom stereocenters. The maximum atomic E-state index is 14.4. The summed E-state index contributed by atoms with van der Waals surface area (Å²) in [6, 6.07) is 14.7. The van der Waals surface area contributed by atoms with Crippen molar-refractivity contribution in [2.45, 2.75) is 19.1 Å². The van der Waals surface area contributed by atoms with Gasteiger partial charge in [0.1, 0.15) is 23.3 Å². The number of benzene rings is 2. The summed E-state index contributed by atoms with van der Waals surface area (Å²) in [4.78, 5) is 25.6. The van der Waals surface area contributed by atoms with Gasteiger partial charge in [-0.3, -0.25) is 9.59 Å². The van der Waals surface area contributed by atoms with E-state index in [1.807, 2.05) is 0 Å². The number of alkyl halides is 3. The van der Waals surface area contributed by atoms with E-state index in [0.29, 0.717) is 28.1 Å². The standard InChI is InChI=1S/C27H17F5N2O3S/c1-37-25(35)10-15-3-2-4-16(9-15)23-7-8-24(38-23)22-12-20(27(30,31)32)19(13-33)26(36)34(22)14-17-5-6-18(28)11-21(17)29/h2-9,11-12H,10,14H2,1H3. The second-order valence-electron chi connectivity index (χ2n) is 8.17. The minimum atomic E-state index is -5.00. The molecule has 4 aromatic rings. The number of halogens is 5. The van der Waals surface area contributed by atoms with Crippen LogP contribution in [0.5, 0.6) is 0 Å². The Kier molecular flexibility index (Phi) is 7.46. The van der Waals surface area contributed by atoms with Gasteiger partial charge in [-0.2, -0.15) is 18.4 Å². The topological polar surface area (TPSA) is 72.1 Å². The second-order valence-corrected chi connectivity index (χ2v) is 9.26. The van der Waals surface area contributed by atoms with E-state index in [1.54, 1.807) is 30.3 Å². The Balaban J connectivity index is 1.87. The first-order chi connectivity index (χ1) is 18.0. The highest BCUT2D eigenvalue weighted by Crippen LogP contribution is 2.38. The highest BCUT2D eigenvalue weighted by Gasteiger charge is 2.36. The summed E-state index contributed by atoms with van der Waals surface area (Å²) in [5.41, 5.74) is -2.80. The van der Waals surface area contributed by atoms with E-state index in [9.17, 15) is 36.8 Å². The molecule has 5 nitrogen and oxygen atoms in total. The summed E-state index contributed by atoms with van der Waals surface area (Å²) >= 11 is 1.07. The lowest BCUT2D eigenvalue weighted by molar-refractivity contribution is -0.140. The van der Waals surface area contributed by atoms with E-state index in [4.69, 9.17) is 0 Å². The number of nitrogens with zero attached hydrogens (tertiary/aromatic N) is 2. The lowest BCUT2D eigenvalue weighted by Gasteiger charge is -2.17. The van der Waals surface area contributed by atoms with Gasteiger partial charge in [-0.25, -0.2) is 8.78 Å². The Morgan fingerprint density at radius 1 is 1.05 bits per heavy atom. The third-order valence-corrected chi connectivity index (χ3v) is 6.86. The van der Waals surface area contributed by atoms with Gasteiger partial charge in [-0.15, -0.1) is 11.3 Å². The molecule has 2 aromatic heterocycles. The van der Waals surface area contributed by atoms with Gasteiger partial charge in [0.25, 0.3) is 5.56 Å². The Morgan fingerprint density at radius 3 is 2.45 bits per heavy atom. The molecule has 0 aliphatic heterocycles. The minimum absolute atomic E-state index is 0.0237. The van der Waals surface area contributed by atoms with Crippen molar-refractivity contribution < 1.29 is 31.5 Å². The Bertz CT molecular complexity index is 1630. The van der Waals surface area contributed by atoms with E-state index >= 15 is 0 Å². The Hall–Kier alpha value is -4.30. The van der Waals surface area contributed by atoms with Crippen LogP contribution in [0.15, 0.2) is 65.5 Å². The van der Waals surface area contributed by atoms with Crippen LogP contribution in [0, 0.1) is 23.0 Å². The fourth-order valence-electron chi connectivity index (χ4n) is 3.86. The van der Waals surface area contributed by atoms with E-state index in [2.05, 4.69) is 4.74 Å². The van der Waals surface area contributed by atoms with Gasteiger partial charge < -0.3 is 9.30 Å². The molecular weight excluding hydrogens is 527 g/mol. The van der Waals surface area contributed by atoms with Crippen molar-refractivity contribution in [1.82, 2.24) is 4.57 Å². The third-order valence-electron chi connectivity index (χ3n) is 5.71. The molecular formula is C27H17F5N2O3S. The van der Waals surface area contributed by atoms with Crippen LogP contribution < -0.4 is 5.56 Å². The van der Waals surface area contributed by atoms with Gasteiger partial charge in [0, 0.05) is 16.5 Å². The fourth-order valence-corrected chi connectivity index (χ4v) is 4.89. The SMILES string of the molecule is COC(=O)Cc1cccc(-c2ccc(-c3cc(C(F)(F)F)c(C#N)c(=O)n3Cc3ccc(F)cc3F)s2)c1. The van der Waals surface area contributed by atoms with E-state index in [1.165, 1.54) is 19.2 Å². The van der Waals surface area contributed by atoms with E-state index in [-0.39, 0.29) is 22.6 Å². The molecule has 38 heavy (non-hydrogen) atoms. The van der Waals surface area contributed by atoms with Crippen LogP contribution in [0.2, 0.25) is 0 Å². The van der Waals surface area contributed by atoms with Gasteiger partial charge in [0.15, 0.2) is 0 Å². The molecule has 0 aliphatic carbocycles. The average Bonchev–Trinajstić information content (AvgIpc) is 3.36. The van der Waals surface area contributed by atoms with Crippen molar-refractivity contribution in [1.29, 1.82) is 5.26 Å². The lowest BCUT2D eigenvalue weighted by Crippen LogP contribution is -2.28. The normalized spacial score (nSPS) is 11.3. The van der Waals surface area contributed by atoms with Crippen molar-refractivity contribution in [2.75, 3.05) is 7.11 Å². The molecule has 0 aliphatic rings. The monoisotopic (exact) mass is 544 g/mol. The summed E-state index contributed by atoms with van der Waals surface area (Å²) in [5.74, 6) is -2.29. The van der Waals surface area contributed by atoms with Crippen LogP contribution >= 0.6 is 11.3 Å². The molecule has 0 unspecified atom stereocenters. The molecule has 2 aromatic carbocycles. The van der Waals surface area contributed by atoms with Gasteiger partial charge in [-0.1, -0.05) is 24.3 Å². The van der Waals surface area contributed by atoms with Crippen molar-refractivity contribution >= 4 is 17.3 Å². The van der Waals surface area contributed by atoms with Crippen LogP contribution in [0.3, 0.4) is 0 Å². The minimum Gasteiger partial charge on any atom is -0.469 e. The van der Waals surface area contributed by atoms with Gasteiger partial charge >= 0.3 is 12.1 Å². The summed E-state index contributed by atoms with van der Waals surface area (Å²) in [7, 11) is 1.27. The summed E-state index contributed by atoms with van der Waals surface area (Å²) in [6.07, 6.45) is -4.97. The van der Waals surface area contributed by atoms with E-state index < -0.39 is 47.0 Å². The number of esters is 1. The van der Waals surface area contributed by atoms with Crippen LogP contribution in [-0.2, 0) is 28.7 Å². The summed E-state index contributed by atoms with van der Waals surface area (Å²) in [6.45, 7) is -0.533. The second kappa shape index (κ2) is 10.6. The number of pyridine rings is 1. The molecule has 11 heteroatoms. The predicted octanol–water partition coefficient (Wildman–Crippen LogP) is 6.18. The van der Waals surface area contributed by atoms with Crippen LogP contribution in [0.1, 0.15) is 22.3 Å². The number of thiophene rings is 1. The number of carbonyl (C=O) groups excluding carboxylic acids is 1. The molecule has 0 saturated carbocycles. The zero-order valence-corrected chi connectivity index (χ0v) is 20.4. The number of nitriles is 1. The number of methoxy groups -OCH3 is 1. The molecule has 0 amide bonds. The van der Waals surface area contributed by atoms with Crippen molar-refractivity contribution in [3.05, 3.63) is 105 Å². The smallest absolute Gasteiger partial charge is 0.417 e. The number of ether oxygens (including phenoxy) is 1. The quantitative estimate of drug-likeness (QED) is 0.215. The maximum Gasteiger partial charge on any atom is 0.417 e. The largest absolute Gasteiger partial charge is 0.469 e. The number of aromatic nitrogens is 1. The first-order valence-electron chi connectivity index (χ1n) is 11.0. The first kappa shape index (κ1) is 26.8. The number of carbonyl (C=O) groups is 1. The lowest BCUT2D eigenvalue weighted by atomic mass is 10.1. The van der Waals surface area contributed by atoms with Crippen LogP contribution in [-0.4, -0.2) is 17.6 Å². The van der Waals surface area contributed by atoms with E-state index in [0.717, 1.165) is 28.0 Å². The average molecular weight is 545 g/mol. The van der Waals surface area contributed by atoms with Crippen molar-refractivity contribution in [2.24, 2.45) is 0 Å². The highest BCUT2D eigenvalue weighted by atomic mass is 32.1. The summed E-state index contributed by atoms with van der Waals surface area (Å²) < 4.78 is 74.7. The first-order valence-corrected chi connectivity index (χ1v) is 11.8. The van der Waals surface area contributed by atoms with Crippen LogP contribution in [0.4, 0.5) is 22.0 Å².